The van der Waals surface area contributed by atoms with Gasteiger partial charge in [-0.05, 0) is 18.2 Å². The lowest BCUT2D eigenvalue weighted by Gasteiger charge is -2.22. The van der Waals surface area contributed by atoms with Crippen LogP contribution in [0.5, 0.6) is 0 Å². The molecule has 3 heteroatoms. The highest BCUT2D eigenvalue weighted by molar-refractivity contribution is 5.31. The summed E-state index contributed by atoms with van der Waals surface area (Å²) < 4.78 is 5.44. The zero-order valence-electron chi connectivity index (χ0n) is 8.31. The molecule has 1 atom stereocenters. The van der Waals surface area contributed by atoms with Crippen LogP contribution in [-0.2, 0) is 6.42 Å². The van der Waals surface area contributed by atoms with Gasteiger partial charge in [0.1, 0.15) is 5.76 Å². The quantitative estimate of drug-likeness (QED) is 0.764. The summed E-state index contributed by atoms with van der Waals surface area (Å²) in [6, 6.07) is 8.20. The van der Waals surface area contributed by atoms with E-state index in [1.54, 1.807) is 6.26 Å². The van der Waals surface area contributed by atoms with Crippen LogP contribution in [0.25, 0.3) is 0 Å². The van der Waals surface area contributed by atoms with Gasteiger partial charge in [-0.3, -0.25) is 4.98 Å². The molecule has 0 saturated heterocycles. The summed E-state index contributed by atoms with van der Waals surface area (Å²) in [7, 11) is 0. The standard InChI is InChI=1S/C12H12N2O/c1-2-6-13-10(3-1)12-9-5-8-15-11(9)4-7-14-12/h1-3,5-6,8,12,14H,4,7H2. The Kier molecular flexibility index (Phi) is 2.03. The fraction of sp³-hybridized carbons (Fsp3) is 0.250. The molecule has 1 N–H and O–H groups in total. The Balaban J connectivity index is 2.03. The molecule has 2 aromatic rings. The average Bonchev–Trinajstić information content (AvgIpc) is 2.78. The Labute approximate surface area is 88.1 Å². The maximum Gasteiger partial charge on any atom is 0.110 e. The Bertz CT molecular complexity index is 450. The summed E-state index contributed by atoms with van der Waals surface area (Å²) in [5.74, 6) is 1.09. The molecule has 1 aliphatic heterocycles. The zero-order chi connectivity index (χ0) is 10.1. The van der Waals surface area contributed by atoms with E-state index >= 15 is 0 Å². The summed E-state index contributed by atoms with van der Waals surface area (Å²) in [5, 5.41) is 3.46. The number of aromatic nitrogens is 1. The number of hydrogen-bond donors (Lipinski definition) is 1. The molecular weight excluding hydrogens is 188 g/mol. The third-order valence-corrected chi connectivity index (χ3v) is 2.77. The summed E-state index contributed by atoms with van der Waals surface area (Å²) in [6.45, 7) is 0.946. The molecule has 0 aromatic carbocycles. The molecule has 3 nitrogen and oxygen atoms in total. The number of fused-ring (bicyclic) bond motifs is 1. The number of nitrogens with zero attached hydrogens (tertiary/aromatic N) is 1. The molecule has 1 unspecified atom stereocenters. The first-order chi connectivity index (χ1) is 7.45. The average molecular weight is 200 g/mol. The van der Waals surface area contributed by atoms with Gasteiger partial charge in [0.05, 0.1) is 18.0 Å². The van der Waals surface area contributed by atoms with Gasteiger partial charge in [0, 0.05) is 24.7 Å². The molecule has 0 radical (unpaired) electrons. The lowest BCUT2D eigenvalue weighted by molar-refractivity contribution is 0.453. The first kappa shape index (κ1) is 8.68. The normalized spacial score (nSPS) is 19.9. The summed E-state index contributed by atoms with van der Waals surface area (Å²) >= 11 is 0. The van der Waals surface area contributed by atoms with Gasteiger partial charge in [-0.1, -0.05) is 6.07 Å². The fourth-order valence-electron chi connectivity index (χ4n) is 2.06. The van der Waals surface area contributed by atoms with Gasteiger partial charge >= 0.3 is 0 Å². The second kappa shape index (κ2) is 3.51. The van der Waals surface area contributed by atoms with Crippen molar-refractivity contribution in [3.8, 4) is 0 Å². The van der Waals surface area contributed by atoms with E-state index in [0.29, 0.717) is 0 Å². The number of pyridine rings is 1. The minimum atomic E-state index is 0.189. The maximum absolute atomic E-state index is 5.44. The first-order valence-corrected chi connectivity index (χ1v) is 5.16. The first-order valence-electron chi connectivity index (χ1n) is 5.16. The van der Waals surface area contributed by atoms with Crippen LogP contribution in [0.1, 0.15) is 23.1 Å². The molecule has 0 aliphatic carbocycles. The molecule has 0 saturated carbocycles. The Morgan fingerprint density at radius 3 is 3.20 bits per heavy atom. The van der Waals surface area contributed by atoms with Crippen LogP contribution >= 0.6 is 0 Å². The van der Waals surface area contributed by atoms with E-state index < -0.39 is 0 Å². The van der Waals surface area contributed by atoms with E-state index in [-0.39, 0.29) is 6.04 Å². The molecule has 0 fully saturated rings. The third kappa shape index (κ3) is 1.45. The fourth-order valence-corrected chi connectivity index (χ4v) is 2.06. The van der Waals surface area contributed by atoms with Crippen molar-refractivity contribution in [1.29, 1.82) is 0 Å². The van der Waals surface area contributed by atoms with E-state index in [4.69, 9.17) is 4.42 Å². The SMILES string of the molecule is c1ccc(C2NCCc3occc32)nc1. The van der Waals surface area contributed by atoms with Gasteiger partial charge in [0.2, 0.25) is 0 Å². The predicted molar refractivity (Wildman–Crippen MR) is 56.5 cm³/mol. The largest absolute Gasteiger partial charge is 0.469 e. The van der Waals surface area contributed by atoms with E-state index in [2.05, 4.69) is 10.3 Å². The predicted octanol–water partition coefficient (Wildman–Crippen LogP) is 1.91. The molecule has 76 valence electrons. The van der Waals surface area contributed by atoms with Crippen molar-refractivity contribution in [2.45, 2.75) is 12.5 Å². The van der Waals surface area contributed by atoms with E-state index in [1.807, 2.05) is 30.5 Å². The second-order valence-electron chi connectivity index (χ2n) is 3.69. The highest BCUT2D eigenvalue weighted by Gasteiger charge is 2.23. The van der Waals surface area contributed by atoms with Gasteiger partial charge < -0.3 is 9.73 Å². The minimum Gasteiger partial charge on any atom is -0.469 e. The molecule has 15 heavy (non-hydrogen) atoms. The van der Waals surface area contributed by atoms with Crippen LogP contribution in [-0.4, -0.2) is 11.5 Å². The van der Waals surface area contributed by atoms with Crippen LogP contribution in [0.15, 0.2) is 41.1 Å². The number of furan rings is 1. The van der Waals surface area contributed by atoms with Gasteiger partial charge in [0.25, 0.3) is 0 Å². The monoisotopic (exact) mass is 200 g/mol. The van der Waals surface area contributed by atoms with E-state index in [1.165, 1.54) is 5.56 Å². The topological polar surface area (TPSA) is 38.1 Å². The molecule has 0 bridgehead atoms. The highest BCUT2D eigenvalue weighted by Crippen LogP contribution is 2.27. The maximum atomic E-state index is 5.44. The van der Waals surface area contributed by atoms with Crippen LogP contribution in [0.3, 0.4) is 0 Å². The molecule has 2 aromatic heterocycles. The van der Waals surface area contributed by atoms with Crippen LogP contribution in [0.2, 0.25) is 0 Å². The van der Waals surface area contributed by atoms with Crippen molar-refractivity contribution in [2.75, 3.05) is 6.54 Å². The van der Waals surface area contributed by atoms with Crippen molar-refractivity contribution in [1.82, 2.24) is 10.3 Å². The lowest BCUT2D eigenvalue weighted by atomic mass is 9.99. The molecule has 0 amide bonds. The highest BCUT2D eigenvalue weighted by atomic mass is 16.3. The van der Waals surface area contributed by atoms with Crippen molar-refractivity contribution >= 4 is 0 Å². The molecule has 3 rings (SSSR count). The smallest absolute Gasteiger partial charge is 0.110 e. The molecule has 3 heterocycles. The molecule has 1 aliphatic rings. The second-order valence-corrected chi connectivity index (χ2v) is 3.69. The van der Waals surface area contributed by atoms with Crippen molar-refractivity contribution in [3.63, 3.8) is 0 Å². The van der Waals surface area contributed by atoms with Gasteiger partial charge in [-0.15, -0.1) is 0 Å². The Morgan fingerprint density at radius 2 is 2.33 bits per heavy atom. The van der Waals surface area contributed by atoms with Crippen LogP contribution < -0.4 is 5.32 Å². The Morgan fingerprint density at radius 1 is 1.33 bits per heavy atom. The zero-order valence-corrected chi connectivity index (χ0v) is 8.31. The van der Waals surface area contributed by atoms with Gasteiger partial charge in [-0.2, -0.15) is 0 Å². The van der Waals surface area contributed by atoms with Gasteiger partial charge in [-0.25, -0.2) is 0 Å². The number of rotatable bonds is 1. The van der Waals surface area contributed by atoms with E-state index in [9.17, 15) is 0 Å². The number of hydrogen-bond acceptors (Lipinski definition) is 3. The summed E-state index contributed by atoms with van der Waals surface area (Å²) in [6.07, 6.45) is 4.55. The molecule has 0 spiro atoms. The van der Waals surface area contributed by atoms with Crippen molar-refractivity contribution in [3.05, 3.63) is 53.7 Å². The van der Waals surface area contributed by atoms with Crippen molar-refractivity contribution < 1.29 is 4.42 Å². The molecular formula is C12H12N2O. The van der Waals surface area contributed by atoms with E-state index in [0.717, 1.165) is 24.4 Å². The van der Waals surface area contributed by atoms with Crippen LogP contribution in [0, 0.1) is 0 Å². The van der Waals surface area contributed by atoms with Gasteiger partial charge in [0.15, 0.2) is 0 Å². The Hall–Kier alpha value is -1.61. The summed E-state index contributed by atoms with van der Waals surface area (Å²) in [5.41, 5.74) is 2.28. The lowest BCUT2D eigenvalue weighted by Crippen LogP contribution is -2.30. The third-order valence-electron chi connectivity index (χ3n) is 2.77. The minimum absolute atomic E-state index is 0.189. The van der Waals surface area contributed by atoms with Crippen molar-refractivity contribution in [2.24, 2.45) is 0 Å². The number of nitrogens with one attached hydrogen (secondary N) is 1. The summed E-state index contributed by atoms with van der Waals surface area (Å²) in [4.78, 5) is 4.38. The van der Waals surface area contributed by atoms with Crippen LogP contribution in [0.4, 0.5) is 0 Å².